The van der Waals surface area contributed by atoms with Crippen LogP contribution in [0.15, 0.2) is 48.7 Å². The van der Waals surface area contributed by atoms with Crippen molar-refractivity contribution in [3.8, 4) is 0 Å². The van der Waals surface area contributed by atoms with Crippen molar-refractivity contribution in [2.24, 2.45) is 0 Å². The summed E-state index contributed by atoms with van der Waals surface area (Å²) in [6.45, 7) is 2.33. The molecule has 0 aliphatic carbocycles. The SMILES string of the molecule is CN1CCC(c2c[nH]c3ccc(/C=C/c4cccc(F)c4)cc23)CC1. The molecule has 2 nitrogen and oxygen atoms in total. The number of hydrogen-bond acceptors (Lipinski definition) is 1. The molecule has 1 aromatic heterocycles. The Labute approximate surface area is 148 Å². The van der Waals surface area contributed by atoms with E-state index in [1.807, 2.05) is 12.1 Å². The first-order chi connectivity index (χ1) is 12.2. The maximum absolute atomic E-state index is 13.3. The Kier molecular flexibility index (Phi) is 4.41. The minimum Gasteiger partial charge on any atom is -0.361 e. The molecule has 2 heterocycles. The number of piperidine rings is 1. The molecular formula is C22H23FN2. The highest BCUT2D eigenvalue weighted by atomic mass is 19.1. The van der Waals surface area contributed by atoms with Crippen molar-refractivity contribution in [1.29, 1.82) is 0 Å². The van der Waals surface area contributed by atoms with E-state index in [1.165, 1.54) is 35.4 Å². The highest BCUT2D eigenvalue weighted by Gasteiger charge is 2.20. The first kappa shape index (κ1) is 16.1. The number of benzene rings is 2. The van der Waals surface area contributed by atoms with E-state index in [9.17, 15) is 4.39 Å². The standard InChI is InChI=1S/C22H23FN2/c1-25-11-9-18(10-12-25)21-15-24-22-8-7-17(14-20(21)22)6-5-16-3-2-4-19(23)13-16/h2-8,13-15,18,24H,9-12H2,1H3/b6-5+. The van der Waals surface area contributed by atoms with E-state index in [2.05, 4.69) is 47.4 Å². The molecule has 0 bridgehead atoms. The van der Waals surface area contributed by atoms with Crippen LogP contribution in [0.1, 0.15) is 35.4 Å². The fraction of sp³-hybridized carbons (Fsp3) is 0.273. The van der Waals surface area contributed by atoms with E-state index >= 15 is 0 Å². The molecule has 3 heteroatoms. The zero-order valence-electron chi connectivity index (χ0n) is 14.5. The van der Waals surface area contributed by atoms with Gasteiger partial charge in [-0.25, -0.2) is 4.39 Å². The summed E-state index contributed by atoms with van der Waals surface area (Å²) >= 11 is 0. The first-order valence-corrected chi connectivity index (χ1v) is 8.92. The van der Waals surface area contributed by atoms with Gasteiger partial charge in [-0.2, -0.15) is 0 Å². The van der Waals surface area contributed by atoms with Crippen molar-refractivity contribution in [2.75, 3.05) is 20.1 Å². The molecule has 0 radical (unpaired) electrons. The lowest BCUT2D eigenvalue weighted by Crippen LogP contribution is -2.29. The van der Waals surface area contributed by atoms with Gasteiger partial charge in [0.15, 0.2) is 0 Å². The van der Waals surface area contributed by atoms with Gasteiger partial charge in [-0.1, -0.05) is 30.4 Å². The summed E-state index contributed by atoms with van der Waals surface area (Å²) in [4.78, 5) is 5.82. The third-order valence-corrected chi connectivity index (χ3v) is 5.21. The second-order valence-electron chi connectivity index (χ2n) is 7.01. The summed E-state index contributed by atoms with van der Waals surface area (Å²) in [6.07, 6.45) is 8.63. The van der Waals surface area contributed by atoms with E-state index in [1.54, 1.807) is 12.1 Å². The molecule has 1 N–H and O–H groups in total. The van der Waals surface area contributed by atoms with Crippen LogP contribution in [-0.4, -0.2) is 30.0 Å². The summed E-state index contributed by atoms with van der Waals surface area (Å²) in [7, 11) is 2.20. The Bertz CT molecular complexity index is 901. The van der Waals surface area contributed by atoms with Gasteiger partial charge in [0, 0.05) is 17.1 Å². The number of aromatic nitrogens is 1. The largest absolute Gasteiger partial charge is 0.361 e. The maximum atomic E-state index is 13.3. The average Bonchev–Trinajstić information content (AvgIpc) is 3.04. The van der Waals surface area contributed by atoms with Gasteiger partial charge in [0.1, 0.15) is 5.82 Å². The van der Waals surface area contributed by atoms with Crippen LogP contribution < -0.4 is 0 Å². The van der Waals surface area contributed by atoms with Crippen LogP contribution in [0.3, 0.4) is 0 Å². The molecule has 1 aliphatic rings. The van der Waals surface area contributed by atoms with Crippen molar-refractivity contribution in [2.45, 2.75) is 18.8 Å². The number of likely N-dealkylation sites (tertiary alicyclic amines) is 1. The van der Waals surface area contributed by atoms with Gasteiger partial charge in [0.25, 0.3) is 0 Å². The molecule has 0 spiro atoms. The van der Waals surface area contributed by atoms with Crippen molar-refractivity contribution >= 4 is 23.1 Å². The van der Waals surface area contributed by atoms with Gasteiger partial charge in [-0.05, 0) is 79.9 Å². The van der Waals surface area contributed by atoms with Crippen LogP contribution >= 0.6 is 0 Å². The van der Waals surface area contributed by atoms with Gasteiger partial charge >= 0.3 is 0 Å². The monoisotopic (exact) mass is 334 g/mol. The molecule has 0 unspecified atom stereocenters. The molecule has 1 aliphatic heterocycles. The molecule has 2 aromatic carbocycles. The maximum Gasteiger partial charge on any atom is 0.123 e. The number of aromatic amines is 1. The second kappa shape index (κ2) is 6.85. The Morgan fingerprint density at radius 3 is 2.56 bits per heavy atom. The van der Waals surface area contributed by atoms with Gasteiger partial charge in [0.2, 0.25) is 0 Å². The Morgan fingerprint density at radius 1 is 1.04 bits per heavy atom. The van der Waals surface area contributed by atoms with E-state index in [0.717, 1.165) is 24.2 Å². The molecule has 3 aromatic rings. The number of halogens is 1. The van der Waals surface area contributed by atoms with Gasteiger partial charge < -0.3 is 9.88 Å². The second-order valence-corrected chi connectivity index (χ2v) is 7.01. The molecule has 25 heavy (non-hydrogen) atoms. The Hall–Kier alpha value is -2.39. The van der Waals surface area contributed by atoms with Crippen molar-refractivity contribution in [3.05, 3.63) is 71.2 Å². The third kappa shape index (κ3) is 3.52. The van der Waals surface area contributed by atoms with E-state index in [4.69, 9.17) is 0 Å². The minimum atomic E-state index is -0.201. The highest BCUT2D eigenvalue weighted by Crippen LogP contribution is 2.33. The normalized spacial score (nSPS) is 16.9. The average molecular weight is 334 g/mol. The highest BCUT2D eigenvalue weighted by molar-refractivity contribution is 5.87. The van der Waals surface area contributed by atoms with Gasteiger partial charge in [-0.15, -0.1) is 0 Å². The fourth-order valence-corrected chi connectivity index (χ4v) is 3.72. The van der Waals surface area contributed by atoms with Crippen LogP contribution in [0.2, 0.25) is 0 Å². The number of nitrogens with one attached hydrogen (secondary N) is 1. The Morgan fingerprint density at radius 2 is 1.80 bits per heavy atom. The molecule has 4 rings (SSSR count). The number of hydrogen-bond donors (Lipinski definition) is 1. The molecule has 1 saturated heterocycles. The molecule has 128 valence electrons. The number of nitrogens with zero attached hydrogens (tertiary/aromatic N) is 1. The van der Waals surface area contributed by atoms with Gasteiger partial charge in [0.05, 0.1) is 0 Å². The zero-order chi connectivity index (χ0) is 17.2. The summed E-state index contributed by atoms with van der Waals surface area (Å²) in [5.74, 6) is 0.431. The molecule has 0 amide bonds. The smallest absolute Gasteiger partial charge is 0.123 e. The lowest BCUT2D eigenvalue weighted by molar-refractivity contribution is 0.256. The topological polar surface area (TPSA) is 19.0 Å². The number of fused-ring (bicyclic) bond motifs is 1. The minimum absolute atomic E-state index is 0.201. The lowest BCUT2D eigenvalue weighted by atomic mass is 9.89. The van der Waals surface area contributed by atoms with E-state index < -0.39 is 0 Å². The van der Waals surface area contributed by atoms with Crippen molar-refractivity contribution in [3.63, 3.8) is 0 Å². The summed E-state index contributed by atoms with van der Waals surface area (Å²) in [5, 5.41) is 1.32. The number of rotatable bonds is 3. The summed E-state index contributed by atoms with van der Waals surface area (Å²) in [6, 6.07) is 13.2. The summed E-state index contributed by atoms with van der Waals surface area (Å²) < 4.78 is 13.3. The predicted molar refractivity (Wildman–Crippen MR) is 103 cm³/mol. The summed E-state index contributed by atoms with van der Waals surface area (Å²) in [5.41, 5.74) is 4.65. The lowest BCUT2D eigenvalue weighted by Gasteiger charge is -2.28. The Balaban J connectivity index is 1.62. The molecule has 1 fully saturated rings. The fourth-order valence-electron chi connectivity index (χ4n) is 3.72. The van der Waals surface area contributed by atoms with E-state index in [-0.39, 0.29) is 5.82 Å². The van der Waals surface area contributed by atoms with Gasteiger partial charge in [-0.3, -0.25) is 0 Å². The quantitative estimate of drug-likeness (QED) is 0.645. The first-order valence-electron chi connectivity index (χ1n) is 8.92. The van der Waals surface area contributed by atoms with E-state index in [0.29, 0.717) is 5.92 Å². The molecular weight excluding hydrogens is 311 g/mol. The van der Waals surface area contributed by atoms with Crippen LogP contribution in [0.4, 0.5) is 4.39 Å². The molecule has 0 atom stereocenters. The zero-order valence-corrected chi connectivity index (χ0v) is 14.5. The number of H-pyrrole nitrogens is 1. The third-order valence-electron chi connectivity index (χ3n) is 5.21. The van der Waals surface area contributed by atoms with Crippen LogP contribution in [0.25, 0.3) is 23.1 Å². The van der Waals surface area contributed by atoms with Crippen LogP contribution in [-0.2, 0) is 0 Å². The van der Waals surface area contributed by atoms with Crippen molar-refractivity contribution < 1.29 is 4.39 Å². The predicted octanol–water partition coefficient (Wildman–Crippen LogP) is 5.29. The molecule has 0 saturated carbocycles. The van der Waals surface area contributed by atoms with Crippen molar-refractivity contribution in [1.82, 2.24) is 9.88 Å². The van der Waals surface area contributed by atoms with Crippen LogP contribution in [0, 0.1) is 5.82 Å². The van der Waals surface area contributed by atoms with Crippen LogP contribution in [0.5, 0.6) is 0 Å².